The molecule has 2 atom stereocenters. The number of nitrogens with one attached hydrogen (secondary N) is 1. The van der Waals surface area contributed by atoms with Gasteiger partial charge in [0.2, 0.25) is 5.91 Å². The smallest absolute Gasteiger partial charge is 0.239 e. The van der Waals surface area contributed by atoms with Crippen molar-refractivity contribution in [2.45, 2.75) is 31.9 Å². The lowest BCUT2D eigenvalue weighted by molar-refractivity contribution is -0.120. The summed E-state index contributed by atoms with van der Waals surface area (Å²) in [5.74, 6) is 0.408. The lowest BCUT2D eigenvalue weighted by Crippen LogP contribution is -2.37. The fourth-order valence-electron chi connectivity index (χ4n) is 2.36. The third kappa shape index (κ3) is 3.95. The summed E-state index contributed by atoms with van der Waals surface area (Å²) in [7, 11) is 0. The van der Waals surface area contributed by atoms with E-state index in [2.05, 4.69) is 5.32 Å². The third-order valence-electron chi connectivity index (χ3n) is 3.38. The molecule has 1 fully saturated rings. The second kappa shape index (κ2) is 7.26. The fourth-order valence-corrected chi connectivity index (χ4v) is 2.36. The standard InChI is InChI=1S/C15H22N2O3/c1-2-19-12-7-5-11(6-8-12)14(15(16)18)17-10-13-4-3-9-20-13/h5-8,13-14,17H,2-4,9-10H2,1H3,(H2,16,18). The van der Waals surface area contributed by atoms with E-state index >= 15 is 0 Å². The summed E-state index contributed by atoms with van der Waals surface area (Å²) in [6.45, 7) is 4.00. The van der Waals surface area contributed by atoms with E-state index < -0.39 is 6.04 Å². The van der Waals surface area contributed by atoms with Gasteiger partial charge < -0.3 is 15.2 Å². The van der Waals surface area contributed by atoms with Crippen LogP contribution in [-0.2, 0) is 9.53 Å². The Morgan fingerprint density at radius 2 is 2.25 bits per heavy atom. The Labute approximate surface area is 119 Å². The molecule has 5 nitrogen and oxygen atoms in total. The number of amides is 1. The first-order valence-electron chi connectivity index (χ1n) is 7.07. The van der Waals surface area contributed by atoms with Crippen LogP contribution in [0.1, 0.15) is 31.4 Å². The Hall–Kier alpha value is -1.59. The van der Waals surface area contributed by atoms with Crippen LogP contribution in [0.5, 0.6) is 5.75 Å². The molecule has 5 heteroatoms. The zero-order valence-electron chi connectivity index (χ0n) is 11.8. The maximum absolute atomic E-state index is 11.6. The van der Waals surface area contributed by atoms with E-state index in [-0.39, 0.29) is 12.0 Å². The summed E-state index contributed by atoms with van der Waals surface area (Å²) < 4.78 is 10.9. The van der Waals surface area contributed by atoms with Gasteiger partial charge in [-0.15, -0.1) is 0 Å². The highest BCUT2D eigenvalue weighted by Gasteiger charge is 2.21. The zero-order chi connectivity index (χ0) is 14.4. The van der Waals surface area contributed by atoms with Crippen LogP contribution >= 0.6 is 0 Å². The van der Waals surface area contributed by atoms with Gasteiger partial charge in [-0.05, 0) is 37.5 Å². The average Bonchev–Trinajstić information content (AvgIpc) is 2.94. The van der Waals surface area contributed by atoms with Gasteiger partial charge in [0, 0.05) is 13.2 Å². The van der Waals surface area contributed by atoms with Crippen molar-refractivity contribution in [3.8, 4) is 5.75 Å². The average molecular weight is 278 g/mol. The Kier molecular flexibility index (Phi) is 5.38. The summed E-state index contributed by atoms with van der Waals surface area (Å²) in [6, 6.07) is 6.94. The predicted octanol–water partition coefficient (Wildman–Crippen LogP) is 1.38. The number of hydrogen-bond acceptors (Lipinski definition) is 4. The van der Waals surface area contributed by atoms with Gasteiger partial charge in [-0.2, -0.15) is 0 Å². The Bertz CT molecular complexity index is 427. The Balaban J connectivity index is 1.97. The minimum Gasteiger partial charge on any atom is -0.494 e. The van der Waals surface area contributed by atoms with Crippen LogP contribution in [0.25, 0.3) is 0 Å². The van der Waals surface area contributed by atoms with Crippen LogP contribution in [0, 0.1) is 0 Å². The van der Waals surface area contributed by atoms with Gasteiger partial charge in [0.05, 0.1) is 12.7 Å². The minimum absolute atomic E-state index is 0.180. The van der Waals surface area contributed by atoms with E-state index in [0.717, 1.165) is 30.8 Å². The molecule has 1 aliphatic rings. The first-order chi connectivity index (χ1) is 9.70. The minimum atomic E-state index is -0.491. The molecule has 0 saturated carbocycles. The Morgan fingerprint density at radius 3 is 2.80 bits per heavy atom. The molecule has 20 heavy (non-hydrogen) atoms. The molecule has 0 aromatic heterocycles. The fraction of sp³-hybridized carbons (Fsp3) is 0.533. The molecule has 0 spiro atoms. The summed E-state index contributed by atoms with van der Waals surface area (Å²) in [4.78, 5) is 11.6. The molecule has 2 rings (SSSR count). The molecule has 0 radical (unpaired) electrons. The lowest BCUT2D eigenvalue weighted by Gasteiger charge is -2.18. The molecule has 1 heterocycles. The van der Waals surface area contributed by atoms with Gasteiger partial charge in [-0.25, -0.2) is 0 Å². The van der Waals surface area contributed by atoms with Crippen molar-refractivity contribution >= 4 is 5.91 Å². The van der Waals surface area contributed by atoms with Crippen molar-refractivity contribution in [2.75, 3.05) is 19.8 Å². The number of nitrogens with two attached hydrogens (primary N) is 1. The molecule has 1 aliphatic heterocycles. The van der Waals surface area contributed by atoms with E-state index in [1.54, 1.807) is 0 Å². The highest BCUT2D eigenvalue weighted by atomic mass is 16.5. The van der Waals surface area contributed by atoms with Crippen LogP contribution in [0.2, 0.25) is 0 Å². The van der Waals surface area contributed by atoms with E-state index in [1.165, 1.54) is 0 Å². The quantitative estimate of drug-likeness (QED) is 0.790. The second-order valence-corrected chi connectivity index (χ2v) is 4.88. The van der Waals surface area contributed by atoms with Crippen molar-refractivity contribution in [1.82, 2.24) is 5.32 Å². The van der Waals surface area contributed by atoms with E-state index in [0.29, 0.717) is 13.2 Å². The SMILES string of the molecule is CCOc1ccc(C(NCC2CCCO2)C(N)=O)cc1. The molecule has 1 aromatic carbocycles. The molecule has 110 valence electrons. The monoisotopic (exact) mass is 278 g/mol. The maximum Gasteiger partial charge on any atom is 0.239 e. The molecule has 1 amide bonds. The van der Waals surface area contributed by atoms with Crippen LogP contribution in [-0.4, -0.2) is 31.8 Å². The number of ether oxygens (including phenoxy) is 2. The molecule has 2 unspecified atom stereocenters. The molecule has 0 aliphatic carbocycles. The number of benzene rings is 1. The number of hydrogen-bond donors (Lipinski definition) is 2. The van der Waals surface area contributed by atoms with E-state index in [4.69, 9.17) is 15.2 Å². The largest absolute Gasteiger partial charge is 0.494 e. The van der Waals surface area contributed by atoms with Crippen LogP contribution in [0.4, 0.5) is 0 Å². The van der Waals surface area contributed by atoms with Crippen molar-refractivity contribution in [3.63, 3.8) is 0 Å². The van der Waals surface area contributed by atoms with E-state index in [9.17, 15) is 4.79 Å². The Morgan fingerprint density at radius 1 is 1.50 bits per heavy atom. The van der Waals surface area contributed by atoms with Crippen molar-refractivity contribution in [2.24, 2.45) is 5.73 Å². The van der Waals surface area contributed by atoms with E-state index in [1.807, 2.05) is 31.2 Å². The van der Waals surface area contributed by atoms with Gasteiger partial charge in [0.25, 0.3) is 0 Å². The summed E-state index contributed by atoms with van der Waals surface area (Å²) in [5.41, 5.74) is 6.32. The molecule has 1 saturated heterocycles. The molecular formula is C15H22N2O3. The topological polar surface area (TPSA) is 73.6 Å². The summed E-state index contributed by atoms with van der Waals surface area (Å²) in [5, 5.41) is 3.19. The van der Waals surface area contributed by atoms with Gasteiger partial charge >= 0.3 is 0 Å². The second-order valence-electron chi connectivity index (χ2n) is 4.88. The van der Waals surface area contributed by atoms with Crippen LogP contribution < -0.4 is 15.8 Å². The van der Waals surface area contributed by atoms with Gasteiger partial charge in [0.15, 0.2) is 0 Å². The molecule has 0 bridgehead atoms. The normalized spacial score (nSPS) is 19.8. The number of carbonyl (C=O) groups excluding carboxylic acids is 1. The van der Waals surface area contributed by atoms with Gasteiger partial charge in [-0.1, -0.05) is 12.1 Å². The van der Waals surface area contributed by atoms with Crippen LogP contribution in [0.15, 0.2) is 24.3 Å². The zero-order valence-corrected chi connectivity index (χ0v) is 11.8. The van der Waals surface area contributed by atoms with Crippen molar-refractivity contribution in [3.05, 3.63) is 29.8 Å². The van der Waals surface area contributed by atoms with Crippen molar-refractivity contribution < 1.29 is 14.3 Å². The first kappa shape index (κ1) is 14.8. The third-order valence-corrected chi connectivity index (χ3v) is 3.38. The number of primary amides is 1. The highest BCUT2D eigenvalue weighted by Crippen LogP contribution is 2.19. The van der Waals surface area contributed by atoms with Crippen LogP contribution in [0.3, 0.4) is 0 Å². The molecule has 1 aromatic rings. The number of carbonyl (C=O) groups is 1. The van der Waals surface area contributed by atoms with Crippen molar-refractivity contribution in [1.29, 1.82) is 0 Å². The molecule has 3 N–H and O–H groups in total. The summed E-state index contributed by atoms with van der Waals surface area (Å²) in [6.07, 6.45) is 2.29. The highest BCUT2D eigenvalue weighted by molar-refractivity contribution is 5.81. The molecular weight excluding hydrogens is 256 g/mol. The van der Waals surface area contributed by atoms with Gasteiger partial charge in [0.1, 0.15) is 11.8 Å². The summed E-state index contributed by atoms with van der Waals surface area (Å²) >= 11 is 0. The van der Waals surface area contributed by atoms with Gasteiger partial charge in [-0.3, -0.25) is 10.1 Å². The first-order valence-corrected chi connectivity index (χ1v) is 7.07. The maximum atomic E-state index is 11.6. The number of rotatable bonds is 7. The lowest BCUT2D eigenvalue weighted by atomic mass is 10.1. The predicted molar refractivity (Wildman–Crippen MR) is 76.5 cm³/mol.